The van der Waals surface area contributed by atoms with Gasteiger partial charge in [-0.1, -0.05) is 30.3 Å². The number of nitro benzene ring substituents is 1. The second-order valence-electron chi connectivity index (χ2n) is 7.38. The number of aryl methyl sites for hydroxylation is 1. The molecule has 1 amide bonds. The molecule has 0 aliphatic rings. The van der Waals surface area contributed by atoms with E-state index in [1.165, 1.54) is 12.1 Å². The predicted octanol–water partition coefficient (Wildman–Crippen LogP) is 3.44. The molecule has 0 fully saturated rings. The summed E-state index contributed by atoms with van der Waals surface area (Å²) in [6.07, 6.45) is 0. The number of nitro groups is 1. The van der Waals surface area contributed by atoms with Crippen molar-refractivity contribution in [2.24, 2.45) is 0 Å². The summed E-state index contributed by atoms with van der Waals surface area (Å²) in [7, 11) is 1.55. The van der Waals surface area contributed by atoms with Crippen molar-refractivity contribution in [1.29, 1.82) is 0 Å². The van der Waals surface area contributed by atoms with Gasteiger partial charge in [0.2, 0.25) is 0 Å². The number of carbonyl (C=O) groups is 1. The number of rotatable bonds is 10. The van der Waals surface area contributed by atoms with Crippen LogP contribution in [0.15, 0.2) is 48.5 Å². The molecule has 1 aromatic heterocycles. The van der Waals surface area contributed by atoms with E-state index in [1.54, 1.807) is 13.2 Å². The lowest BCUT2D eigenvalue weighted by atomic mass is 10.1. The van der Waals surface area contributed by atoms with Crippen LogP contribution in [0.4, 0.5) is 11.4 Å². The van der Waals surface area contributed by atoms with E-state index < -0.39 is 4.92 Å². The first-order valence-electron chi connectivity index (χ1n) is 10.3. The highest BCUT2D eigenvalue weighted by Gasteiger charge is 2.18. The lowest BCUT2D eigenvalue weighted by Crippen LogP contribution is -2.23. The van der Waals surface area contributed by atoms with Crippen LogP contribution in [0.5, 0.6) is 0 Å². The smallest absolute Gasteiger partial charge is 0.293 e. The second kappa shape index (κ2) is 10.5. The van der Waals surface area contributed by atoms with E-state index in [4.69, 9.17) is 4.74 Å². The van der Waals surface area contributed by atoms with Crippen LogP contribution in [0.25, 0.3) is 0 Å². The van der Waals surface area contributed by atoms with Gasteiger partial charge in [-0.15, -0.1) is 0 Å². The van der Waals surface area contributed by atoms with Crippen molar-refractivity contribution in [3.8, 4) is 0 Å². The minimum absolute atomic E-state index is 0.156. The van der Waals surface area contributed by atoms with E-state index in [1.807, 2.05) is 48.9 Å². The summed E-state index contributed by atoms with van der Waals surface area (Å²) in [5, 5.41) is 21.8. The van der Waals surface area contributed by atoms with Crippen LogP contribution >= 0.6 is 0 Å². The van der Waals surface area contributed by atoms with Gasteiger partial charge >= 0.3 is 0 Å². The van der Waals surface area contributed by atoms with Crippen molar-refractivity contribution in [2.45, 2.75) is 26.9 Å². The van der Waals surface area contributed by atoms with E-state index >= 15 is 0 Å². The number of benzene rings is 2. The maximum absolute atomic E-state index is 12.7. The van der Waals surface area contributed by atoms with Gasteiger partial charge in [0.15, 0.2) is 0 Å². The van der Waals surface area contributed by atoms with Crippen molar-refractivity contribution in [3.63, 3.8) is 0 Å². The van der Waals surface area contributed by atoms with Gasteiger partial charge < -0.3 is 15.4 Å². The zero-order valence-corrected chi connectivity index (χ0v) is 18.4. The van der Waals surface area contributed by atoms with Gasteiger partial charge in [0.1, 0.15) is 5.69 Å². The number of hydrogen-bond acceptors (Lipinski definition) is 6. The standard InChI is InChI=1S/C23H27N5O4/c1-16-20(17(2)27(26-16)15-18-7-5-4-6-8-18)14-25-23(29)19-9-10-21(24-11-12-32-3)22(13-19)28(30)31/h4-10,13,24H,11-12,14-15H2,1-3H3,(H,25,29). The average Bonchev–Trinajstić information content (AvgIpc) is 3.05. The molecular formula is C23H27N5O4. The minimum Gasteiger partial charge on any atom is -0.383 e. The third-order valence-electron chi connectivity index (χ3n) is 5.21. The Kier molecular flexibility index (Phi) is 7.56. The Bertz CT molecular complexity index is 1100. The number of nitrogens with one attached hydrogen (secondary N) is 2. The van der Waals surface area contributed by atoms with Gasteiger partial charge in [-0.05, 0) is 31.5 Å². The third-order valence-corrected chi connectivity index (χ3v) is 5.21. The third kappa shape index (κ3) is 5.50. The molecule has 0 saturated heterocycles. The lowest BCUT2D eigenvalue weighted by molar-refractivity contribution is -0.384. The number of amides is 1. The number of ether oxygens (including phenoxy) is 1. The topological polar surface area (TPSA) is 111 Å². The van der Waals surface area contributed by atoms with Crippen LogP contribution in [0.2, 0.25) is 0 Å². The van der Waals surface area contributed by atoms with E-state index in [2.05, 4.69) is 15.7 Å². The molecule has 2 aromatic carbocycles. The Labute approximate surface area is 186 Å². The van der Waals surface area contributed by atoms with Crippen molar-refractivity contribution in [3.05, 3.63) is 86.7 Å². The summed E-state index contributed by atoms with van der Waals surface area (Å²) in [4.78, 5) is 23.6. The molecule has 1 heterocycles. The SMILES string of the molecule is COCCNc1ccc(C(=O)NCc2c(C)nn(Cc3ccccc3)c2C)cc1[N+](=O)[O-]. The van der Waals surface area contributed by atoms with E-state index in [0.717, 1.165) is 22.5 Å². The molecule has 0 unspecified atom stereocenters. The van der Waals surface area contributed by atoms with Gasteiger partial charge in [-0.2, -0.15) is 5.10 Å². The predicted molar refractivity (Wildman–Crippen MR) is 122 cm³/mol. The fourth-order valence-electron chi connectivity index (χ4n) is 3.43. The van der Waals surface area contributed by atoms with Crippen LogP contribution in [0.3, 0.4) is 0 Å². The van der Waals surface area contributed by atoms with E-state index in [-0.39, 0.29) is 23.7 Å². The highest BCUT2D eigenvalue weighted by atomic mass is 16.6. The molecule has 0 saturated carbocycles. The Balaban J connectivity index is 1.70. The number of carbonyl (C=O) groups excluding carboxylic acids is 1. The summed E-state index contributed by atoms with van der Waals surface area (Å²) in [6, 6.07) is 14.4. The van der Waals surface area contributed by atoms with Gasteiger partial charge in [-0.25, -0.2) is 0 Å². The second-order valence-corrected chi connectivity index (χ2v) is 7.38. The van der Waals surface area contributed by atoms with Gasteiger partial charge in [-0.3, -0.25) is 19.6 Å². The molecule has 32 heavy (non-hydrogen) atoms. The summed E-state index contributed by atoms with van der Waals surface area (Å²) in [5.41, 5.74) is 4.29. The molecule has 3 rings (SSSR count). The normalized spacial score (nSPS) is 10.7. The molecule has 168 valence electrons. The first kappa shape index (κ1) is 23.0. The molecule has 0 aliphatic heterocycles. The number of hydrogen-bond donors (Lipinski definition) is 2. The maximum atomic E-state index is 12.7. The molecule has 9 nitrogen and oxygen atoms in total. The van der Waals surface area contributed by atoms with Crippen molar-refractivity contribution in [2.75, 3.05) is 25.6 Å². The van der Waals surface area contributed by atoms with Gasteiger partial charge in [0.05, 0.1) is 23.8 Å². The van der Waals surface area contributed by atoms with Crippen LogP contribution in [0, 0.1) is 24.0 Å². The first-order valence-corrected chi connectivity index (χ1v) is 10.3. The zero-order chi connectivity index (χ0) is 23.1. The molecular weight excluding hydrogens is 410 g/mol. The number of aromatic nitrogens is 2. The Morgan fingerprint density at radius 2 is 1.94 bits per heavy atom. The quantitative estimate of drug-likeness (QED) is 0.286. The fraction of sp³-hybridized carbons (Fsp3) is 0.304. The summed E-state index contributed by atoms with van der Waals surface area (Å²) in [5.74, 6) is -0.383. The first-order chi connectivity index (χ1) is 15.4. The molecule has 0 atom stereocenters. The monoisotopic (exact) mass is 437 g/mol. The van der Waals surface area contributed by atoms with Crippen LogP contribution in [-0.2, 0) is 17.8 Å². The zero-order valence-electron chi connectivity index (χ0n) is 18.4. The highest BCUT2D eigenvalue weighted by molar-refractivity contribution is 5.95. The molecule has 3 aromatic rings. The Morgan fingerprint density at radius 3 is 2.62 bits per heavy atom. The van der Waals surface area contributed by atoms with Crippen LogP contribution in [0.1, 0.15) is 32.9 Å². The highest BCUT2D eigenvalue weighted by Crippen LogP contribution is 2.25. The van der Waals surface area contributed by atoms with Crippen molar-refractivity contribution < 1.29 is 14.5 Å². The molecule has 0 radical (unpaired) electrons. The lowest BCUT2D eigenvalue weighted by Gasteiger charge is -2.10. The summed E-state index contributed by atoms with van der Waals surface area (Å²) >= 11 is 0. The minimum atomic E-state index is -0.506. The maximum Gasteiger partial charge on any atom is 0.293 e. The number of anilines is 1. The van der Waals surface area contributed by atoms with Gasteiger partial charge in [0.25, 0.3) is 11.6 Å². The fourth-order valence-corrected chi connectivity index (χ4v) is 3.43. The molecule has 9 heteroatoms. The van der Waals surface area contributed by atoms with Crippen LogP contribution < -0.4 is 10.6 Å². The Hall–Kier alpha value is -3.72. The average molecular weight is 438 g/mol. The number of methoxy groups -OCH3 is 1. The van der Waals surface area contributed by atoms with Crippen LogP contribution in [-0.4, -0.2) is 40.9 Å². The molecule has 0 spiro atoms. The van der Waals surface area contributed by atoms with E-state index in [0.29, 0.717) is 25.4 Å². The number of nitrogens with zero attached hydrogens (tertiary/aromatic N) is 3. The largest absolute Gasteiger partial charge is 0.383 e. The molecule has 0 aliphatic carbocycles. The molecule has 2 N–H and O–H groups in total. The van der Waals surface area contributed by atoms with E-state index in [9.17, 15) is 14.9 Å². The van der Waals surface area contributed by atoms with Gasteiger partial charge in [0, 0.05) is 43.1 Å². The summed E-state index contributed by atoms with van der Waals surface area (Å²) in [6.45, 7) is 5.64. The summed E-state index contributed by atoms with van der Waals surface area (Å²) < 4.78 is 6.86. The molecule has 0 bridgehead atoms. The Morgan fingerprint density at radius 1 is 1.19 bits per heavy atom. The van der Waals surface area contributed by atoms with Crippen molar-refractivity contribution >= 4 is 17.3 Å². The van der Waals surface area contributed by atoms with Crippen molar-refractivity contribution in [1.82, 2.24) is 15.1 Å².